The molecule has 0 aromatic rings. The van der Waals surface area contributed by atoms with Gasteiger partial charge >= 0.3 is 0 Å². The van der Waals surface area contributed by atoms with E-state index in [4.69, 9.17) is 5.73 Å². The van der Waals surface area contributed by atoms with Crippen LogP contribution in [0.2, 0.25) is 0 Å². The number of hydrogen-bond acceptors (Lipinski definition) is 3. The molecule has 1 saturated heterocycles. The van der Waals surface area contributed by atoms with Gasteiger partial charge in [-0.2, -0.15) is 0 Å². The van der Waals surface area contributed by atoms with Crippen LogP contribution in [0.25, 0.3) is 0 Å². The zero-order valence-corrected chi connectivity index (χ0v) is 13.7. The Hall–Kier alpha value is -0.810. The van der Waals surface area contributed by atoms with Gasteiger partial charge < -0.3 is 16.0 Å². The van der Waals surface area contributed by atoms with Crippen molar-refractivity contribution in [3.05, 3.63) is 0 Å². The first-order valence-electron chi connectivity index (χ1n) is 7.17. The summed E-state index contributed by atoms with van der Waals surface area (Å²) >= 11 is 0. The second-order valence-corrected chi connectivity index (χ2v) is 5.93. The van der Waals surface area contributed by atoms with Crippen LogP contribution in [0.4, 0.5) is 0 Å². The number of carbonyl (C=O) groups is 2. The van der Waals surface area contributed by atoms with Crippen LogP contribution >= 0.6 is 12.4 Å². The summed E-state index contributed by atoms with van der Waals surface area (Å²) in [6.07, 6.45) is 1.46. The van der Waals surface area contributed by atoms with Crippen LogP contribution < -0.4 is 11.1 Å². The summed E-state index contributed by atoms with van der Waals surface area (Å²) in [5.41, 5.74) is 5.59. The molecule has 1 aliphatic rings. The van der Waals surface area contributed by atoms with Crippen molar-refractivity contribution >= 4 is 24.2 Å². The monoisotopic (exact) mass is 305 g/mol. The lowest BCUT2D eigenvalue weighted by Crippen LogP contribution is -2.49. The Kier molecular flexibility index (Phi) is 8.13. The van der Waals surface area contributed by atoms with Crippen LogP contribution in [0.5, 0.6) is 0 Å². The van der Waals surface area contributed by atoms with Crippen molar-refractivity contribution in [2.45, 2.75) is 52.6 Å². The van der Waals surface area contributed by atoms with Crippen LogP contribution in [0, 0.1) is 11.8 Å². The van der Waals surface area contributed by atoms with Crippen LogP contribution in [0.3, 0.4) is 0 Å². The molecule has 1 rings (SSSR count). The number of nitrogens with two attached hydrogens (primary N) is 1. The lowest BCUT2D eigenvalue weighted by atomic mass is 9.94. The molecule has 0 bridgehead atoms. The van der Waals surface area contributed by atoms with E-state index in [0.717, 1.165) is 12.8 Å². The summed E-state index contributed by atoms with van der Waals surface area (Å²) in [7, 11) is 0. The van der Waals surface area contributed by atoms with Crippen molar-refractivity contribution < 1.29 is 9.59 Å². The Bertz CT molecular complexity index is 326. The molecule has 0 aliphatic carbocycles. The highest BCUT2D eigenvalue weighted by Gasteiger charge is 2.29. The first-order chi connectivity index (χ1) is 8.82. The van der Waals surface area contributed by atoms with Crippen LogP contribution in [-0.2, 0) is 9.59 Å². The maximum atomic E-state index is 12.1. The van der Waals surface area contributed by atoms with E-state index in [1.807, 2.05) is 6.92 Å². The Morgan fingerprint density at radius 3 is 2.05 bits per heavy atom. The molecule has 20 heavy (non-hydrogen) atoms. The third-order valence-corrected chi connectivity index (χ3v) is 3.94. The predicted octanol–water partition coefficient (Wildman–Crippen LogP) is 1.15. The van der Waals surface area contributed by atoms with Crippen LogP contribution in [0.1, 0.15) is 40.5 Å². The van der Waals surface area contributed by atoms with Gasteiger partial charge in [-0.15, -0.1) is 12.4 Å². The lowest BCUT2D eigenvalue weighted by molar-refractivity contribution is -0.136. The van der Waals surface area contributed by atoms with Gasteiger partial charge in [-0.05, 0) is 32.6 Å². The van der Waals surface area contributed by atoms with E-state index in [0.29, 0.717) is 19.0 Å². The molecule has 0 saturated carbocycles. The number of halogens is 1. The van der Waals surface area contributed by atoms with Crippen molar-refractivity contribution in [3.63, 3.8) is 0 Å². The maximum absolute atomic E-state index is 12.1. The Balaban J connectivity index is 0.00000361. The second kappa shape index (κ2) is 8.47. The Labute approximate surface area is 128 Å². The molecule has 1 aliphatic heterocycles. The number of amides is 2. The number of likely N-dealkylation sites (tertiary alicyclic amines) is 1. The fraction of sp³-hybridized carbons (Fsp3) is 0.857. The maximum Gasteiger partial charge on any atom is 0.239 e. The first-order valence-corrected chi connectivity index (χ1v) is 7.17. The molecule has 118 valence electrons. The van der Waals surface area contributed by atoms with Gasteiger partial charge in [0.05, 0.1) is 6.04 Å². The first kappa shape index (κ1) is 19.2. The van der Waals surface area contributed by atoms with Crippen LogP contribution in [0.15, 0.2) is 0 Å². The van der Waals surface area contributed by atoms with Gasteiger partial charge in [0.15, 0.2) is 0 Å². The fourth-order valence-corrected chi connectivity index (χ4v) is 2.16. The highest BCUT2D eigenvalue weighted by atomic mass is 35.5. The molecule has 1 heterocycles. The number of carbonyl (C=O) groups excluding carboxylic acids is 2. The van der Waals surface area contributed by atoms with Crippen LogP contribution in [-0.4, -0.2) is 41.9 Å². The largest absolute Gasteiger partial charge is 0.353 e. The lowest BCUT2D eigenvalue weighted by Gasteiger charge is -2.33. The summed E-state index contributed by atoms with van der Waals surface area (Å²) in [5.74, 6) is 0.561. The number of hydrogen-bond donors (Lipinski definition) is 2. The molecular weight excluding hydrogens is 278 g/mol. The quantitative estimate of drug-likeness (QED) is 0.818. The average Bonchev–Trinajstić information content (AvgIpc) is 2.37. The molecule has 1 fully saturated rings. The van der Waals surface area contributed by atoms with Crippen molar-refractivity contribution in [1.29, 1.82) is 0 Å². The molecule has 2 amide bonds. The normalized spacial score (nSPS) is 19.2. The highest BCUT2D eigenvalue weighted by Crippen LogP contribution is 2.18. The summed E-state index contributed by atoms with van der Waals surface area (Å²) in [4.78, 5) is 25.6. The summed E-state index contributed by atoms with van der Waals surface area (Å²) in [5, 5.41) is 3.05. The van der Waals surface area contributed by atoms with Crippen molar-refractivity contribution in [2.24, 2.45) is 17.6 Å². The predicted molar refractivity (Wildman–Crippen MR) is 82.6 cm³/mol. The summed E-state index contributed by atoms with van der Waals surface area (Å²) in [6.45, 7) is 9.18. The minimum atomic E-state index is -0.452. The van der Waals surface area contributed by atoms with E-state index >= 15 is 0 Å². The standard InChI is InChI=1S/C14H27N3O2.ClH/c1-9(2)11(4)16-13(18)12-5-7-17(8-6-12)14(19)10(3)15;/h9-12H,5-8,15H2,1-4H3,(H,16,18);1H/t10-,11?;/m1./s1. The van der Waals surface area contributed by atoms with E-state index < -0.39 is 6.04 Å². The van der Waals surface area contributed by atoms with Gasteiger partial charge in [0.1, 0.15) is 0 Å². The molecule has 3 N–H and O–H groups in total. The smallest absolute Gasteiger partial charge is 0.239 e. The van der Waals surface area contributed by atoms with Gasteiger partial charge in [0, 0.05) is 25.0 Å². The third-order valence-electron chi connectivity index (χ3n) is 3.94. The van der Waals surface area contributed by atoms with E-state index in [9.17, 15) is 9.59 Å². The number of rotatable bonds is 4. The van der Waals surface area contributed by atoms with E-state index in [1.54, 1.807) is 11.8 Å². The molecule has 0 aromatic carbocycles. The molecular formula is C14H28ClN3O2. The molecule has 6 heteroatoms. The third kappa shape index (κ3) is 5.29. The molecule has 5 nitrogen and oxygen atoms in total. The highest BCUT2D eigenvalue weighted by molar-refractivity contribution is 5.85. The molecule has 0 aromatic heterocycles. The van der Waals surface area contributed by atoms with E-state index in [2.05, 4.69) is 19.2 Å². The zero-order valence-electron chi connectivity index (χ0n) is 12.9. The molecule has 2 atom stereocenters. The van der Waals surface area contributed by atoms with Crippen molar-refractivity contribution in [1.82, 2.24) is 10.2 Å². The van der Waals surface area contributed by atoms with E-state index in [1.165, 1.54) is 0 Å². The fourth-order valence-electron chi connectivity index (χ4n) is 2.16. The minimum absolute atomic E-state index is 0. The Morgan fingerprint density at radius 2 is 1.65 bits per heavy atom. The minimum Gasteiger partial charge on any atom is -0.353 e. The van der Waals surface area contributed by atoms with E-state index in [-0.39, 0.29) is 36.2 Å². The average molecular weight is 306 g/mol. The number of piperidine rings is 1. The van der Waals surface area contributed by atoms with Gasteiger partial charge in [0.2, 0.25) is 11.8 Å². The van der Waals surface area contributed by atoms with Gasteiger partial charge in [-0.3, -0.25) is 9.59 Å². The van der Waals surface area contributed by atoms with Gasteiger partial charge in [-0.25, -0.2) is 0 Å². The van der Waals surface area contributed by atoms with Crippen molar-refractivity contribution in [3.8, 4) is 0 Å². The summed E-state index contributed by atoms with van der Waals surface area (Å²) in [6, 6.07) is -0.262. The van der Waals surface area contributed by atoms with Gasteiger partial charge in [0.25, 0.3) is 0 Å². The molecule has 1 unspecified atom stereocenters. The molecule has 0 radical (unpaired) electrons. The van der Waals surface area contributed by atoms with Crippen molar-refractivity contribution in [2.75, 3.05) is 13.1 Å². The number of nitrogens with one attached hydrogen (secondary N) is 1. The second-order valence-electron chi connectivity index (χ2n) is 5.93. The number of nitrogens with zero attached hydrogens (tertiary/aromatic N) is 1. The zero-order chi connectivity index (χ0) is 14.6. The summed E-state index contributed by atoms with van der Waals surface area (Å²) < 4.78 is 0. The SMILES string of the molecule is CC(C)C(C)NC(=O)C1CCN(C(=O)[C@@H](C)N)CC1.Cl. The Morgan fingerprint density at radius 1 is 1.15 bits per heavy atom. The molecule has 0 spiro atoms. The topological polar surface area (TPSA) is 75.4 Å². The van der Waals surface area contributed by atoms with Gasteiger partial charge in [-0.1, -0.05) is 13.8 Å².